The van der Waals surface area contributed by atoms with Crippen molar-refractivity contribution in [2.45, 2.75) is 123 Å². The highest BCUT2D eigenvalue weighted by atomic mass is 79.9. The summed E-state index contributed by atoms with van der Waals surface area (Å²) in [6.45, 7) is 18.6. The Morgan fingerprint density at radius 2 is 1.28 bits per heavy atom. The summed E-state index contributed by atoms with van der Waals surface area (Å²) in [6, 6.07) is -1.79. The molecule has 0 spiro atoms. The Labute approximate surface area is 455 Å². The van der Waals surface area contributed by atoms with Crippen molar-refractivity contribution in [3.8, 4) is 0 Å². The molecule has 2 aliphatic rings. The normalized spacial score (nSPS) is 17.2. The maximum atomic E-state index is 14.5. The van der Waals surface area contributed by atoms with E-state index in [2.05, 4.69) is 49.3 Å². The number of halogens is 1. The molecule has 0 aromatic heterocycles. The molecule has 1 aliphatic carbocycles. The SMILES string of the molecule is CC[C@H](C)[C@@H]([C@@H](CC(=O)N1CCC[C@H]1[C@H](OC)[C@@H](C)C(=O)NCCC1C=CC=CC=C1)OC)N(C)C(=O)[C@@H](NC(=O)C(C)(C)NC(=O)CCOCCOCCOCCOCCOCCOCCNC(=O)CBr)C(C)C. The van der Waals surface area contributed by atoms with Gasteiger partial charge in [0.15, 0.2) is 0 Å². The van der Waals surface area contributed by atoms with E-state index in [1.807, 2.05) is 58.9 Å². The highest BCUT2D eigenvalue weighted by molar-refractivity contribution is 9.09. The average molecular weight is 1130 g/mol. The number of likely N-dealkylation sites (tertiary alicyclic amines) is 1. The molecule has 1 saturated heterocycles. The summed E-state index contributed by atoms with van der Waals surface area (Å²) in [5.74, 6) is -2.32. The first-order chi connectivity index (χ1) is 35.9. The van der Waals surface area contributed by atoms with Gasteiger partial charge in [-0.2, -0.15) is 0 Å². The van der Waals surface area contributed by atoms with Crippen LogP contribution in [0.2, 0.25) is 0 Å². The van der Waals surface area contributed by atoms with E-state index in [9.17, 15) is 28.8 Å². The number of hydrogen-bond donors (Lipinski definition) is 4. The number of likely N-dealkylation sites (N-methyl/N-ethyl adjacent to an activating group) is 1. The molecule has 21 heteroatoms. The second-order valence-corrected chi connectivity index (χ2v) is 20.3. The molecule has 20 nitrogen and oxygen atoms in total. The Balaban J connectivity index is 1.80. The highest BCUT2D eigenvalue weighted by Gasteiger charge is 2.43. The van der Waals surface area contributed by atoms with Crippen LogP contribution in [0.1, 0.15) is 87.0 Å². The second kappa shape index (κ2) is 38.7. The smallest absolute Gasteiger partial charge is 0.245 e. The molecule has 1 aliphatic heterocycles. The molecule has 6 amide bonds. The van der Waals surface area contributed by atoms with Crippen LogP contribution in [0.5, 0.6) is 0 Å². The third kappa shape index (κ3) is 25.9. The number of allylic oxidation sites excluding steroid dienone is 6. The van der Waals surface area contributed by atoms with Gasteiger partial charge in [-0.1, -0.05) is 93.4 Å². The van der Waals surface area contributed by atoms with Gasteiger partial charge in [0.25, 0.3) is 0 Å². The predicted octanol–water partition coefficient (Wildman–Crippen LogP) is 3.75. The molecule has 0 aromatic carbocycles. The van der Waals surface area contributed by atoms with Crippen LogP contribution in [0.3, 0.4) is 0 Å². The number of hydrogen-bond acceptors (Lipinski definition) is 14. The van der Waals surface area contributed by atoms with Crippen LogP contribution in [0.4, 0.5) is 0 Å². The van der Waals surface area contributed by atoms with E-state index in [1.54, 1.807) is 44.9 Å². The molecule has 0 unspecified atom stereocenters. The van der Waals surface area contributed by atoms with Crippen molar-refractivity contribution < 1.29 is 66.7 Å². The van der Waals surface area contributed by atoms with E-state index in [0.717, 1.165) is 12.8 Å². The van der Waals surface area contributed by atoms with Crippen LogP contribution in [0.25, 0.3) is 0 Å². The van der Waals surface area contributed by atoms with Crippen LogP contribution in [-0.2, 0) is 66.7 Å². The van der Waals surface area contributed by atoms with Gasteiger partial charge in [0.2, 0.25) is 35.4 Å². The van der Waals surface area contributed by atoms with Gasteiger partial charge in [-0.15, -0.1) is 0 Å². The summed E-state index contributed by atoms with van der Waals surface area (Å²) in [6.07, 6.45) is 13.9. The zero-order valence-electron chi connectivity index (χ0n) is 46.7. The lowest BCUT2D eigenvalue weighted by molar-refractivity contribution is -0.148. The molecule has 1 heterocycles. The van der Waals surface area contributed by atoms with Crippen LogP contribution >= 0.6 is 15.9 Å². The number of rotatable bonds is 41. The monoisotopic (exact) mass is 1130 g/mol. The summed E-state index contributed by atoms with van der Waals surface area (Å²) in [5, 5.41) is 11.7. The van der Waals surface area contributed by atoms with Crippen molar-refractivity contribution in [2.24, 2.45) is 23.7 Å². The Kier molecular flexibility index (Phi) is 34.7. The quantitative estimate of drug-likeness (QED) is 0.0505. The highest BCUT2D eigenvalue weighted by Crippen LogP contribution is 2.30. The molecule has 1 fully saturated rings. The third-order valence-corrected chi connectivity index (χ3v) is 13.9. The van der Waals surface area contributed by atoms with E-state index in [1.165, 1.54) is 0 Å². The largest absolute Gasteiger partial charge is 0.379 e. The fourth-order valence-electron chi connectivity index (χ4n) is 8.83. The van der Waals surface area contributed by atoms with E-state index in [-0.39, 0.29) is 78.8 Å². The Morgan fingerprint density at radius 1 is 0.733 bits per heavy atom. The Hall–Kier alpha value is -3.80. The average Bonchev–Trinajstić information content (AvgIpc) is 3.72. The van der Waals surface area contributed by atoms with Crippen LogP contribution < -0.4 is 21.3 Å². The summed E-state index contributed by atoms with van der Waals surface area (Å²) < 4.78 is 44.9. The number of methoxy groups -OCH3 is 2. The van der Waals surface area contributed by atoms with Crippen molar-refractivity contribution >= 4 is 51.4 Å². The Morgan fingerprint density at radius 3 is 1.79 bits per heavy atom. The van der Waals surface area contributed by atoms with Gasteiger partial charge in [-0.3, -0.25) is 28.8 Å². The van der Waals surface area contributed by atoms with Gasteiger partial charge >= 0.3 is 0 Å². The van der Waals surface area contributed by atoms with E-state index in [4.69, 9.17) is 37.9 Å². The zero-order valence-corrected chi connectivity index (χ0v) is 48.3. The minimum absolute atomic E-state index is 0.00473. The van der Waals surface area contributed by atoms with Gasteiger partial charge in [-0.25, -0.2) is 0 Å². The van der Waals surface area contributed by atoms with Crippen LogP contribution in [-0.4, -0.2) is 207 Å². The molecule has 2 rings (SSSR count). The van der Waals surface area contributed by atoms with Gasteiger partial charge < -0.3 is 69.0 Å². The van der Waals surface area contributed by atoms with E-state index < -0.39 is 47.6 Å². The molecule has 0 aromatic rings. The minimum atomic E-state index is -1.36. The number of amides is 6. The standard InChI is InChI=1S/C54H93BrN6O14/c1-11-40(4)49(44(68-9)37-47(64)61-24-16-19-43(61)50(69-10)41(5)51(65)57-22-20-42-17-14-12-13-15-18-42)60(8)52(66)48(39(2)3)58-53(67)54(6,7)59-45(62)21-25-70-27-29-72-31-33-74-35-36-75-34-32-73-30-28-71-26-23-56-46(63)38-55/h12-15,17-18,39-44,48-50H,11,16,19-38H2,1-10H3,(H,56,63)(H,57,65)(H,58,67)(H,59,62)/t40-,41+,43-,44+,48-,49-,50+/m0/s1. The van der Waals surface area contributed by atoms with Gasteiger partial charge in [-0.05, 0) is 50.9 Å². The number of ether oxygens (including phenoxy) is 8. The molecule has 430 valence electrons. The molecular formula is C54H93BrN6O14. The van der Waals surface area contributed by atoms with Gasteiger partial charge in [0.05, 0.1) is 121 Å². The van der Waals surface area contributed by atoms with Crippen molar-refractivity contribution in [1.82, 2.24) is 31.1 Å². The Bertz CT molecular complexity index is 1750. The maximum absolute atomic E-state index is 14.5. The number of carbonyl (C=O) groups is 6. The lowest BCUT2D eigenvalue weighted by atomic mass is 9.89. The molecular weight excluding hydrogens is 1040 g/mol. The van der Waals surface area contributed by atoms with Crippen molar-refractivity contribution in [3.05, 3.63) is 36.5 Å². The minimum Gasteiger partial charge on any atom is -0.379 e. The molecule has 75 heavy (non-hydrogen) atoms. The lowest BCUT2D eigenvalue weighted by Gasteiger charge is -2.41. The fraction of sp³-hybridized carbons (Fsp3) is 0.778. The fourth-order valence-corrected chi connectivity index (χ4v) is 9.02. The first kappa shape index (κ1) is 67.3. The summed E-state index contributed by atoms with van der Waals surface area (Å²) in [7, 11) is 4.80. The van der Waals surface area contributed by atoms with Crippen molar-refractivity contribution in [2.75, 3.05) is 126 Å². The molecule has 0 radical (unpaired) electrons. The molecule has 4 N–H and O–H groups in total. The topological polar surface area (TPSA) is 231 Å². The summed E-state index contributed by atoms with van der Waals surface area (Å²) in [5.41, 5.74) is -1.36. The maximum Gasteiger partial charge on any atom is 0.245 e. The molecule has 0 bridgehead atoms. The predicted molar refractivity (Wildman–Crippen MR) is 290 cm³/mol. The van der Waals surface area contributed by atoms with E-state index in [0.29, 0.717) is 98.5 Å². The number of carbonyl (C=O) groups excluding carboxylic acids is 6. The first-order valence-corrected chi connectivity index (χ1v) is 27.9. The first-order valence-electron chi connectivity index (χ1n) is 26.8. The van der Waals surface area contributed by atoms with E-state index >= 15 is 0 Å². The zero-order chi connectivity index (χ0) is 55.6. The number of nitrogens with zero attached hydrogens (tertiary/aromatic N) is 2. The molecule has 7 atom stereocenters. The number of nitrogens with one attached hydrogen (secondary N) is 4. The van der Waals surface area contributed by atoms with Crippen molar-refractivity contribution in [1.29, 1.82) is 0 Å². The molecule has 0 saturated carbocycles. The third-order valence-electron chi connectivity index (χ3n) is 13.3. The van der Waals surface area contributed by atoms with Gasteiger partial charge in [0, 0.05) is 47.3 Å². The van der Waals surface area contributed by atoms with Crippen molar-refractivity contribution in [3.63, 3.8) is 0 Å². The van der Waals surface area contributed by atoms with Crippen LogP contribution in [0, 0.1) is 23.7 Å². The summed E-state index contributed by atoms with van der Waals surface area (Å²) >= 11 is 3.08. The second-order valence-electron chi connectivity index (χ2n) is 19.8. The van der Waals surface area contributed by atoms with Crippen LogP contribution in [0.15, 0.2) is 36.5 Å². The summed E-state index contributed by atoms with van der Waals surface area (Å²) in [4.78, 5) is 83.5. The van der Waals surface area contributed by atoms with Gasteiger partial charge in [0.1, 0.15) is 11.6 Å². The lowest BCUT2D eigenvalue weighted by Crippen LogP contribution is -2.62. The number of alkyl halides is 1.